The minimum absolute atomic E-state index is 0.0647. The second-order valence-electron chi connectivity index (χ2n) is 4.35. The van der Waals surface area contributed by atoms with Gasteiger partial charge in [0.2, 0.25) is 11.4 Å². The van der Waals surface area contributed by atoms with Gasteiger partial charge in [-0.25, -0.2) is 10.1 Å². The zero-order chi connectivity index (χ0) is 15.3. The molecule has 0 aliphatic rings. The molecule has 0 radical (unpaired) electrons. The largest absolute Gasteiger partial charge is 0.272 e. The van der Waals surface area contributed by atoms with Gasteiger partial charge < -0.3 is 0 Å². The molecule has 0 spiro atoms. The van der Waals surface area contributed by atoms with Crippen molar-refractivity contribution in [3.8, 4) is 0 Å². The van der Waals surface area contributed by atoms with E-state index >= 15 is 0 Å². The zero-order valence-corrected chi connectivity index (χ0v) is 11.4. The molecule has 0 saturated carbocycles. The molecule has 0 saturated heterocycles. The molecule has 1 N–H and O–H groups in total. The Hall–Kier alpha value is -2.54. The molecule has 0 fully saturated rings. The molecule has 0 aliphatic carbocycles. The first-order chi connectivity index (χ1) is 10.1. The fourth-order valence-corrected chi connectivity index (χ4v) is 2.19. The predicted octanol–water partition coefficient (Wildman–Crippen LogP) is 3.31. The van der Waals surface area contributed by atoms with Crippen LogP contribution in [-0.2, 0) is 0 Å². The van der Waals surface area contributed by atoms with Gasteiger partial charge in [0, 0.05) is 29.4 Å². The minimum Gasteiger partial charge on any atom is -0.263 e. The molecule has 2 rings (SSSR count). The Morgan fingerprint density at radius 2 is 1.52 bits per heavy atom. The van der Waals surface area contributed by atoms with E-state index in [4.69, 9.17) is 0 Å². The molecule has 21 heavy (non-hydrogen) atoms. The normalized spacial score (nSPS) is 11.3. The maximum absolute atomic E-state index is 11.9. The second-order valence-corrected chi connectivity index (χ2v) is 4.35. The molecule has 2 aromatic rings. The van der Waals surface area contributed by atoms with Gasteiger partial charge in [-0.05, 0) is 0 Å². The number of hydrogen-bond donors (Lipinski definition) is 1. The Kier molecular flexibility index (Phi) is 4.44. The lowest BCUT2D eigenvalue weighted by Gasteiger charge is -2.29. The number of hydrogen-bond acceptors (Lipinski definition) is 4. The van der Waals surface area contributed by atoms with Crippen LogP contribution in [0.15, 0.2) is 73.3 Å². The fourth-order valence-electron chi connectivity index (χ4n) is 2.19. The number of para-hydroxylation sites is 2. The van der Waals surface area contributed by atoms with Crippen molar-refractivity contribution in [2.45, 2.75) is 0 Å². The average Bonchev–Trinajstić information content (AvgIpc) is 2.50. The molecular formula is C15H16N3O3+. The lowest BCUT2D eigenvalue weighted by Crippen LogP contribution is -2.60. The Morgan fingerprint density at radius 1 is 1.10 bits per heavy atom. The third kappa shape index (κ3) is 2.55. The second kappa shape index (κ2) is 6.27. The number of nitrogens with zero attached hydrogens (tertiary/aromatic N) is 3. The molecular weight excluding hydrogens is 270 g/mol. The van der Waals surface area contributed by atoms with Crippen molar-refractivity contribution < 1.29 is 10.2 Å². The zero-order valence-electron chi connectivity index (χ0n) is 11.4. The summed E-state index contributed by atoms with van der Waals surface area (Å²) in [4.78, 5) is 11.9. The SMILES string of the molecule is C=CCN(O)[N+](c1ccccc1)(c1ccccc1)[N+](=O)[O-]. The molecule has 6 heteroatoms. The fraction of sp³-hybridized carbons (Fsp3) is 0.0667. The van der Waals surface area contributed by atoms with Gasteiger partial charge in [-0.2, -0.15) is 0 Å². The third-order valence-electron chi connectivity index (χ3n) is 3.10. The standard InChI is InChI=1S/C15H16N3O3/c1-2-13-16(19)18(17(20)21,14-9-5-3-6-10-14)15-11-7-4-8-12-15/h2-12,19H,1,13H2/q+1. The van der Waals surface area contributed by atoms with Crippen molar-refractivity contribution in [2.75, 3.05) is 6.54 Å². The van der Waals surface area contributed by atoms with E-state index < -0.39 is 9.73 Å². The summed E-state index contributed by atoms with van der Waals surface area (Å²) in [6, 6.07) is 16.7. The number of benzene rings is 2. The monoisotopic (exact) mass is 286 g/mol. The van der Waals surface area contributed by atoms with Crippen molar-refractivity contribution in [3.05, 3.63) is 83.4 Å². The van der Waals surface area contributed by atoms with Crippen LogP contribution in [0, 0.1) is 10.1 Å². The van der Waals surface area contributed by atoms with Crippen molar-refractivity contribution in [1.29, 1.82) is 0 Å². The van der Waals surface area contributed by atoms with Gasteiger partial charge in [-0.1, -0.05) is 42.5 Å². The number of hydroxylamine groups is 1. The van der Waals surface area contributed by atoms with Crippen molar-refractivity contribution in [3.63, 3.8) is 0 Å². The van der Waals surface area contributed by atoms with Gasteiger partial charge in [0.25, 0.3) is 5.03 Å². The number of nitro groups is 1. The van der Waals surface area contributed by atoms with E-state index in [9.17, 15) is 15.3 Å². The lowest BCUT2D eigenvalue weighted by molar-refractivity contribution is -0.688. The van der Waals surface area contributed by atoms with Crippen LogP contribution in [0.4, 0.5) is 11.4 Å². The first kappa shape index (κ1) is 14.9. The maximum Gasteiger partial charge on any atom is 0.272 e. The van der Waals surface area contributed by atoms with E-state index in [0.717, 1.165) is 0 Å². The van der Waals surface area contributed by atoms with Crippen LogP contribution in [0.1, 0.15) is 0 Å². The van der Waals surface area contributed by atoms with Gasteiger partial charge >= 0.3 is 0 Å². The van der Waals surface area contributed by atoms with E-state index in [2.05, 4.69) is 6.58 Å². The number of quaternary nitrogens is 1. The highest BCUT2D eigenvalue weighted by Crippen LogP contribution is 2.35. The Labute approximate surface area is 122 Å². The lowest BCUT2D eigenvalue weighted by atomic mass is 10.2. The Morgan fingerprint density at radius 3 is 1.86 bits per heavy atom. The first-order valence-electron chi connectivity index (χ1n) is 6.37. The van der Waals surface area contributed by atoms with Gasteiger partial charge in [0.1, 0.15) is 11.2 Å². The van der Waals surface area contributed by atoms with E-state index in [0.29, 0.717) is 16.5 Å². The van der Waals surface area contributed by atoms with Gasteiger partial charge in [0.05, 0.1) is 0 Å². The molecule has 0 bridgehead atoms. The van der Waals surface area contributed by atoms with Crippen LogP contribution < -0.4 is 4.70 Å². The summed E-state index contributed by atoms with van der Waals surface area (Å²) < 4.78 is -1.03. The third-order valence-corrected chi connectivity index (χ3v) is 3.10. The van der Waals surface area contributed by atoms with Gasteiger partial charge in [-0.3, -0.25) is 5.21 Å². The minimum atomic E-state index is -1.03. The molecule has 0 heterocycles. The highest BCUT2D eigenvalue weighted by Gasteiger charge is 2.53. The summed E-state index contributed by atoms with van der Waals surface area (Å²) in [5.74, 6) is 0. The van der Waals surface area contributed by atoms with Crippen LogP contribution >= 0.6 is 0 Å². The summed E-state index contributed by atoms with van der Waals surface area (Å²) >= 11 is 0. The molecule has 2 aromatic carbocycles. The molecule has 0 aromatic heterocycles. The molecule has 0 aliphatic heterocycles. The van der Waals surface area contributed by atoms with Crippen LogP contribution in [-0.4, -0.2) is 22.0 Å². The van der Waals surface area contributed by atoms with Crippen LogP contribution in [0.2, 0.25) is 0 Å². The maximum atomic E-state index is 11.9. The van der Waals surface area contributed by atoms with Crippen LogP contribution in [0.5, 0.6) is 0 Å². The summed E-state index contributed by atoms with van der Waals surface area (Å²) in [5.41, 5.74) is 0.635. The summed E-state index contributed by atoms with van der Waals surface area (Å²) in [5, 5.41) is 22.3. The average molecular weight is 286 g/mol. The summed E-state index contributed by atoms with van der Waals surface area (Å²) in [7, 11) is 0. The van der Waals surface area contributed by atoms with E-state index in [-0.39, 0.29) is 6.54 Å². The highest BCUT2D eigenvalue weighted by molar-refractivity contribution is 5.54. The molecule has 0 amide bonds. The van der Waals surface area contributed by atoms with Crippen molar-refractivity contribution in [2.24, 2.45) is 0 Å². The Balaban J connectivity index is 2.72. The summed E-state index contributed by atoms with van der Waals surface area (Å²) in [6.45, 7) is 3.46. The van der Waals surface area contributed by atoms with Gasteiger partial charge in [0.15, 0.2) is 0 Å². The van der Waals surface area contributed by atoms with Crippen molar-refractivity contribution in [1.82, 2.24) is 9.87 Å². The van der Waals surface area contributed by atoms with E-state index in [1.54, 1.807) is 60.7 Å². The highest BCUT2D eigenvalue weighted by atomic mass is 16.7. The number of rotatable bonds is 6. The smallest absolute Gasteiger partial charge is 0.263 e. The Bertz CT molecular complexity index is 577. The molecule has 108 valence electrons. The first-order valence-corrected chi connectivity index (χ1v) is 6.37. The summed E-state index contributed by atoms with van der Waals surface area (Å²) in [6.07, 6.45) is 1.41. The van der Waals surface area contributed by atoms with Gasteiger partial charge in [-0.15, -0.1) is 6.58 Å². The van der Waals surface area contributed by atoms with Crippen molar-refractivity contribution >= 4 is 11.4 Å². The quantitative estimate of drug-likeness (QED) is 0.383. The molecule has 6 nitrogen and oxygen atoms in total. The van der Waals surface area contributed by atoms with Crippen LogP contribution in [0.3, 0.4) is 0 Å². The van der Waals surface area contributed by atoms with E-state index in [1.807, 2.05) is 0 Å². The van der Waals surface area contributed by atoms with E-state index in [1.165, 1.54) is 6.08 Å². The van der Waals surface area contributed by atoms with Crippen LogP contribution in [0.25, 0.3) is 0 Å². The molecule has 0 atom stereocenters. The predicted molar refractivity (Wildman–Crippen MR) is 80.0 cm³/mol. The molecule has 0 unspecified atom stereocenters. The topological polar surface area (TPSA) is 66.6 Å².